The molecule has 0 aliphatic carbocycles. The molecule has 2 N–H and O–H groups in total. The lowest BCUT2D eigenvalue weighted by Crippen LogP contribution is -1.95. The first-order chi connectivity index (χ1) is 4.75. The fourth-order valence-electron chi connectivity index (χ4n) is 0.593. The van der Waals surface area contributed by atoms with E-state index in [0.29, 0.717) is 0 Å². The van der Waals surface area contributed by atoms with Crippen LogP contribution < -0.4 is 5.73 Å². The number of nitrogen functional groups attached to an aromatic ring is 1. The van der Waals surface area contributed by atoms with Gasteiger partial charge in [0.1, 0.15) is 5.56 Å². The van der Waals surface area contributed by atoms with Crippen LogP contribution in [0.25, 0.3) is 0 Å². The van der Waals surface area contributed by atoms with Crippen molar-refractivity contribution >= 4 is 5.69 Å². The first-order valence-electron chi connectivity index (χ1n) is 2.62. The van der Waals surface area contributed by atoms with Crippen LogP contribution in [0.3, 0.4) is 0 Å². The van der Waals surface area contributed by atoms with Gasteiger partial charge in [0.05, 0.1) is 5.69 Å². The average molecular weight is 136 g/mol. The maximum atomic E-state index is 12.5. The maximum Gasteiger partial charge on any atom is 0.230 e. The van der Waals surface area contributed by atoms with Crippen LogP contribution in [-0.2, 0) is 0 Å². The largest absolute Gasteiger partial charge is 0.398 e. The van der Waals surface area contributed by atoms with Gasteiger partial charge in [-0.2, -0.15) is 4.39 Å². The lowest BCUT2D eigenvalue weighted by molar-refractivity contribution is 0.581. The quantitative estimate of drug-likeness (QED) is 0.423. The summed E-state index contributed by atoms with van der Waals surface area (Å²) in [6.45, 7) is 0. The van der Waals surface area contributed by atoms with Gasteiger partial charge in [0.25, 0.3) is 0 Å². The Morgan fingerprint density at radius 3 is 2.80 bits per heavy atom. The van der Waals surface area contributed by atoms with E-state index in [4.69, 9.17) is 12.2 Å². The van der Waals surface area contributed by atoms with Gasteiger partial charge >= 0.3 is 0 Å². The van der Waals surface area contributed by atoms with E-state index in [1.165, 1.54) is 12.3 Å². The van der Waals surface area contributed by atoms with Crippen molar-refractivity contribution in [1.82, 2.24) is 4.98 Å². The number of rotatable bonds is 0. The Bertz CT molecular complexity index is 268. The SMILES string of the molecule is C#Cc1c(N)ccnc1F. The molecule has 0 amide bonds. The normalized spacial score (nSPS) is 8.80. The fraction of sp³-hybridized carbons (Fsp3) is 0. The van der Waals surface area contributed by atoms with Gasteiger partial charge < -0.3 is 5.73 Å². The molecule has 0 atom stereocenters. The van der Waals surface area contributed by atoms with Gasteiger partial charge in [-0.05, 0) is 6.07 Å². The van der Waals surface area contributed by atoms with Crippen molar-refractivity contribution in [3.8, 4) is 12.3 Å². The average Bonchev–Trinajstić information content (AvgIpc) is 1.88. The van der Waals surface area contributed by atoms with E-state index in [-0.39, 0.29) is 11.3 Å². The summed E-state index contributed by atoms with van der Waals surface area (Å²) in [7, 11) is 0. The topological polar surface area (TPSA) is 38.9 Å². The van der Waals surface area contributed by atoms with Crippen LogP contribution in [-0.4, -0.2) is 4.98 Å². The highest BCUT2D eigenvalue weighted by Crippen LogP contribution is 2.10. The van der Waals surface area contributed by atoms with E-state index in [1.54, 1.807) is 0 Å². The molecule has 0 spiro atoms. The Morgan fingerprint density at radius 1 is 1.70 bits per heavy atom. The van der Waals surface area contributed by atoms with Gasteiger partial charge in [-0.3, -0.25) is 0 Å². The first-order valence-corrected chi connectivity index (χ1v) is 2.62. The van der Waals surface area contributed by atoms with Crippen molar-refractivity contribution in [3.05, 3.63) is 23.8 Å². The Morgan fingerprint density at radius 2 is 2.40 bits per heavy atom. The second-order valence-electron chi connectivity index (χ2n) is 1.71. The van der Waals surface area contributed by atoms with Crippen molar-refractivity contribution in [2.24, 2.45) is 0 Å². The third-order valence-electron chi connectivity index (χ3n) is 1.08. The molecule has 3 heteroatoms. The Kier molecular flexibility index (Phi) is 1.55. The lowest BCUT2D eigenvalue weighted by Gasteiger charge is -1.95. The molecule has 10 heavy (non-hydrogen) atoms. The lowest BCUT2D eigenvalue weighted by atomic mass is 10.2. The van der Waals surface area contributed by atoms with Crippen LogP contribution in [0.15, 0.2) is 12.3 Å². The zero-order chi connectivity index (χ0) is 7.56. The number of hydrogen-bond donors (Lipinski definition) is 1. The summed E-state index contributed by atoms with van der Waals surface area (Å²) < 4.78 is 12.5. The van der Waals surface area contributed by atoms with Crippen molar-refractivity contribution in [3.63, 3.8) is 0 Å². The molecule has 50 valence electrons. The molecule has 0 fully saturated rings. The minimum absolute atomic E-state index is 0.0301. The van der Waals surface area contributed by atoms with Crippen molar-refractivity contribution in [1.29, 1.82) is 0 Å². The molecule has 0 saturated heterocycles. The molecular weight excluding hydrogens is 131 g/mol. The standard InChI is InChI=1S/C7H5FN2/c1-2-5-6(9)3-4-10-7(5)8/h1,3-4H,(H2,9,10). The van der Waals surface area contributed by atoms with Gasteiger partial charge in [-0.1, -0.05) is 5.92 Å². The zero-order valence-corrected chi connectivity index (χ0v) is 5.13. The van der Waals surface area contributed by atoms with Gasteiger partial charge in [0.2, 0.25) is 5.95 Å². The third-order valence-corrected chi connectivity index (χ3v) is 1.08. The molecule has 1 rings (SSSR count). The number of anilines is 1. The first kappa shape index (κ1) is 6.56. The monoisotopic (exact) mass is 136 g/mol. The van der Waals surface area contributed by atoms with Gasteiger partial charge in [0, 0.05) is 6.20 Å². The summed E-state index contributed by atoms with van der Waals surface area (Å²) in [5.41, 5.74) is 5.58. The predicted octanol–water partition coefficient (Wildman–Crippen LogP) is 0.784. The molecule has 1 heterocycles. The van der Waals surface area contributed by atoms with Gasteiger partial charge in [-0.15, -0.1) is 6.42 Å². The Balaban J connectivity index is 3.34. The predicted molar refractivity (Wildman–Crippen MR) is 36.5 cm³/mol. The van der Waals surface area contributed by atoms with Gasteiger partial charge in [-0.25, -0.2) is 4.98 Å². The number of terminal acetylenes is 1. The number of halogens is 1. The minimum atomic E-state index is -0.692. The molecule has 0 bridgehead atoms. The number of hydrogen-bond acceptors (Lipinski definition) is 2. The van der Waals surface area contributed by atoms with Crippen molar-refractivity contribution in [2.75, 3.05) is 5.73 Å². The van der Waals surface area contributed by atoms with Crippen LogP contribution in [0, 0.1) is 18.3 Å². The van der Waals surface area contributed by atoms with Crippen LogP contribution in [0.2, 0.25) is 0 Å². The van der Waals surface area contributed by atoms with Crippen LogP contribution in [0.4, 0.5) is 10.1 Å². The highest BCUT2D eigenvalue weighted by atomic mass is 19.1. The van der Waals surface area contributed by atoms with Crippen molar-refractivity contribution < 1.29 is 4.39 Å². The molecule has 0 unspecified atom stereocenters. The highest BCUT2D eigenvalue weighted by Gasteiger charge is 2.01. The number of nitrogens with two attached hydrogens (primary N) is 1. The molecule has 0 aliphatic rings. The summed E-state index contributed by atoms with van der Waals surface area (Å²) in [6, 6.07) is 1.46. The molecule has 2 nitrogen and oxygen atoms in total. The summed E-state index contributed by atoms with van der Waals surface area (Å²) in [6.07, 6.45) is 6.21. The highest BCUT2D eigenvalue weighted by molar-refractivity contribution is 5.53. The second kappa shape index (κ2) is 2.36. The summed E-state index contributed by atoms with van der Waals surface area (Å²) in [5.74, 6) is 1.41. The molecule has 1 aromatic heterocycles. The number of pyridine rings is 1. The molecule has 0 saturated carbocycles. The third kappa shape index (κ3) is 0.914. The minimum Gasteiger partial charge on any atom is -0.398 e. The molecule has 0 radical (unpaired) electrons. The van der Waals surface area contributed by atoms with Crippen molar-refractivity contribution in [2.45, 2.75) is 0 Å². The maximum absolute atomic E-state index is 12.5. The van der Waals surface area contributed by atoms with E-state index in [9.17, 15) is 4.39 Å². The number of aromatic nitrogens is 1. The summed E-state index contributed by atoms with van der Waals surface area (Å²) >= 11 is 0. The number of nitrogens with zero attached hydrogens (tertiary/aromatic N) is 1. The van der Waals surface area contributed by atoms with Gasteiger partial charge in [0.15, 0.2) is 0 Å². The van der Waals surface area contributed by atoms with Crippen LogP contribution in [0.1, 0.15) is 5.56 Å². The fourth-order valence-corrected chi connectivity index (χ4v) is 0.593. The Labute approximate surface area is 57.9 Å². The van der Waals surface area contributed by atoms with Crippen LogP contribution >= 0.6 is 0 Å². The Hall–Kier alpha value is -1.56. The van der Waals surface area contributed by atoms with E-state index in [0.717, 1.165) is 0 Å². The van der Waals surface area contributed by atoms with Crippen LogP contribution in [0.5, 0.6) is 0 Å². The molecule has 0 aliphatic heterocycles. The summed E-state index contributed by atoms with van der Waals surface area (Å²) in [4.78, 5) is 3.32. The molecule has 1 aromatic rings. The smallest absolute Gasteiger partial charge is 0.230 e. The van der Waals surface area contributed by atoms with E-state index in [2.05, 4.69) is 10.9 Å². The summed E-state index contributed by atoms with van der Waals surface area (Å²) in [5, 5.41) is 0. The molecular formula is C7H5FN2. The molecule has 0 aromatic carbocycles. The zero-order valence-electron chi connectivity index (χ0n) is 5.13. The second-order valence-corrected chi connectivity index (χ2v) is 1.71. The van der Waals surface area contributed by atoms with E-state index >= 15 is 0 Å². The van der Waals surface area contributed by atoms with E-state index < -0.39 is 5.95 Å². The van der Waals surface area contributed by atoms with E-state index in [1.807, 2.05) is 0 Å².